The highest BCUT2D eigenvalue weighted by atomic mass is 15.3. The Labute approximate surface area is 94.3 Å². The highest BCUT2D eigenvalue weighted by molar-refractivity contribution is 5.33. The van der Waals surface area contributed by atoms with Gasteiger partial charge in [0.25, 0.3) is 0 Å². The van der Waals surface area contributed by atoms with E-state index in [1.807, 2.05) is 13.8 Å². The van der Waals surface area contributed by atoms with Gasteiger partial charge in [-0.15, -0.1) is 0 Å². The van der Waals surface area contributed by atoms with Crippen molar-refractivity contribution in [2.75, 3.05) is 5.73 Å². The highest BCUT2D eigenvalue weighted by Crippen LogP contribution is 2.16. The first kappa shape index (κ1) is 10.6. The Morgan fingerprint density at radius 1 is 1.25 bits per heavy atom. The van der Waals surface area contributed by atoms with E-state index in [4.69, 9.17) is 5.73 Å². The van der Waals surface area contributed by atoms with Crippen LogP contribution in [0.15, 0.2) is 12.4 Å². The van der Waals surface area contributed by atoms with Crippen molar-refractivity contribution in [2.24, 2.45) is 0 Å². The number of nitrogens with two attached hydrogens (primary N) is 1. The largest absolute Gasteiger partial charge is 0.382 e. The molecule has 2 aromatic rings. The zero-order valence-electron chi connectivity index (χ0n) is 9.73. The molecule has 2 aromatic heterocycles. The Hall–Kier alpha value is -1.91. The summed E-state index contributed by atoms with van der Waals surface area (Å²) < 4.78 is 1.81. The number of aromatic nitrogens is 4. The fourth-order valence-corrected chi connectivity index (χ4v) is 1.85. The minimum Gasteiger partial charge on any atom is -0.382 e. The summed E-state index contributed by atoms with van der Waals surface area (Å²) in [5.41, 5.74) is 8.91. The second kappa shape index (κ2) is 3.92. The van der Waals surface area contributed by atoms with Crippen molar-refractivity contribution < 1.29 is 0 Å². The molecule has 0 aliphatic heterocycles. The third-order valence-electron chi connectivity index (χ3n) is 2.67. The molecule has 2 N–H and O–H groups in total. The molecule has 0 radical (unpaired) electrons. The molecule has 84 valence electrons. The first-order valence-electron chi connectivity index (χ1n) is 5.26. The fraction of sp³-hybridized carbons (Fsp3) is 0.364. The predicted octanol–water partition coefficient (Wildman–Crippen LogP) is 1.42. The summed E-state index contributed by atoms with van der Waals surface area (Å²) in [7, 11) is 0. The van der Waals surface area contributed by atoms with Crippen molar-refractivity contribution in [3.8, 4) is 5.82 Å². The highest BCUT2D eigenvalue weighted by Gasteiger charge is 2.11. The zero-order valence-corrected chi connectivity index (χ0v) is 9.73. The number of nitrogens with zero attached hydrogens (tertiary/aromatic N) is 4. The molecule has 0 amide bonds. The van der Waals surface area contributed by atoms with E-state index in [0.717, 1.165) is 17.8 Å². The van der Waals surface area contributed by atoms with Crippen LogP contribution in [0, 0.1) is 13.8 Å². The van der Waals surface area contributed by atoms with E-state index >= 15 is 0 Å². The predicted molar refractivity (Wildman–Crippen MR) is 62.4 cm³/mol. The lowest BCUT2D eigenvalue weighted by Gasteiger charge is -2.03. The van der Waals surface area contributed by atoms with Gasteiger partial charge >= 0.3 is 0 Å². The lowest BCUT2D eigenvalue weighted by Crippen LogP contribution is -2.04. The van der Waals surface area contributed by atoms with E-state index < -0.39 is 0 Å². The fourth-order valence-electron chi connectivity index (χ4n) is 1.85. The molecule has 5 nitrogen and oxygen atoms in total. The molecule has 5 heteroatoms. The lowest BCUT2D eigenvalue weighted by molar-refractivity contribution is 0.799. The van der Waals surface area contributed by atoms with Crippen molar-refractivity contribution in [3.63, 3.8) is 0 Å². The molecule has 0 unspecified atom stereocenters. The van der Waals surface area contributed by atoms with Gasteiger partial charge in [0.05, 0.1) is 18.1 Å². The van der Waals surface area contributed by atoms with Crippen LogP contribution in [0.4, 0.5) is 5.82 Å². The minimum absolute atomic E-state index is 0.418. The smallest absolute Gasteiger partial charge is 0.172 e. The van der Waals surface area contributed by atoms with Crippen LogP contribution in [-0.2, 0) is 6.42 Å². The van der Waals surface area contributed by atoms with Gasteiger partial charge in [-0.25, -0.2) is 14.6 Å². The summed E-state index contributed by atoms with van der Waals surface area (Å²) >= 11 is 0. The topological polar surface area (TPSA) is 69.6 Å². The molecular weight excluding hydrogens is 202 g/mol. The van der Waals surface area contributed by atoms with Crippen molar-refractivity contribution in [2.45, 2.75) is 27.2 Å². The number of hydrogen-bond acceptors (Lipinski definition) is 4. The number of anilines is 1. The molecule has 0 fully saturated rings. The third kappa shape index (κ3) is 1.64. The molecule has 0 spiro atoms. The molecule has 0 aliphatic carbocycles. The van der Waals surface area contributed by atoms with Gasteiger partial charge in [-0.05, 0) is 25.8 Å². The average Bonchev–Trinajstić information content (AvgIpc) is 2.55. The summed E-state index contributed by atoms with van der Waals surface area (Å²) in [6.07, 6.45) is 4.14. The maximum Gasteiger partial charge on any atom is 0.172 e. The average molecular weight is 217 g/mol. The molecule has 16 heavy (non-hydrogen) atoms. The van der Waals surface area contributed by atoms with Crippen molar-refractivity contribution in [1.82, 2.24) is 19.7 Å². The van der Waals surface area contributed by atoms with Gasteiger partial charge in [-0.3, -0.25) is 0 Å². The quantitative estimate of drug-likeness (QED) is 0.826. The van der Waals surface area contributed by atoms with Crippen LogP contribution in [0.25, 0.3) is 5.82 Å². The van der Waals surface area contributed by atoms with Crippen LogP contribution in [0.5, 0.6) is 0 Å². The SMILES string of the molecule is CCc1c(C)nn(-c2cnc(N)cn2)c1C. The standard InChI is InChI=1S/C11H15N5/c1-4-9-7(2)15-16(8(9)3)11-6-13-10(12)5-14-11/h5-6H,4H2,1-3H3,(H2,12,13). The molecule has 0 saturated heterocycles. The minimum atomic E-state index is 0.418. The van der Waals surface area contributed by atoms with Crippen molar-refractivity contribution >= 4 is 5.82 Å². The third-order valence-corrected chi connectivity index (χ3v) is 2.67. The van der Waals surface area contributed by atoms with Gasteiger partial charge < -0.3 is 5.73 Å². The number of aryl methyl sites for hydroxylation is 1. The molecule has 2 rings (SSSR count). The van der Waals surface area contributed by atoms with Crippen LogP contribution in [0.2, 0.25) is 0 Å². The Balaban J connectivity index is 2.52. The summed E-state index contributed by atoms with van der Waals surface area (Å²) in [4.78, 5) is 8.23. The number of hydrogen-bond donors (Lipinski definition) is 1. The summed E-state index contributed by atoms with van der Waals surface area (Å²) in [5.74, 6) is 1.12. The maximum atomic E-state index is 5.50. The van der Waals surface area contributed by atoms with Gasteiger partial charge in [0.2, 0.25) is 0 Å². The second-order valence-corrected chi connectivity index (χ2v) is 3.71. The Morgan fingerprint density at radius 3 is 2.50 bits per heavy atom. The summed E-state index contributed by atoms with van der Waals surface area (Å²) in [5, 5.41) is 4.45. The first-order chi connectivity index (χ1) is 7.63. The maximum absolute atomic E-state index is 5.50. The monoisotopic (exact) mass is 217 g/mol. The molecule has 0 aromatic carbocycles. The lowest BCUT2D eigenvalue weighted by atomic mass is 10.1. The van der Waals surface area contributed by atoms with E-state index in [-0.39, 0.29) is 0 Å². The Bertz CT molecular complexity index is 498. The Morgan fingerprint density at radius 2 is 2.00 bits per heavy atom. The van der Waals surface area contributed by atoms with E-state index in [1.54, 1.807) is 10.9 Å². The van der Waals surface area contributed by atoms with E-state index in [9.17, 15) is 0 Å². The molecule has 0 saturated carbocycles. The van der Waals surface area contributed by atoms with E-state index in [0.29, 0.717) is 11.6 Å². The number of nitrogen functional groups attached to an aromatic ring is 1. The number of rotatable bonds is 2. The van der Waals surface area contributed by atoms with Crippen LogP contribution in [-0.4, -0.2) is 19.7 Å². The summed E-state index contributed by atoms with van der Waals surface area (Å²) in [6.45, 7) is 6.17. The normalized spacial score (nSPS) is 10.7. The van der Waals surface area contributed by atoms with Crippen molar-refractivity contribution in [1.29, 1.82) is 0 Å². The molecule has 2 heterocycles. The van der Waals surface area contributed by atoms with Crippen LogP contribution in [0.1, 0.15) is 23.9 Å². The molecule has 0 bridgehead atoms. The van der Waals surface area contributed by atoms with Gasteiger partial charge in [0.1, 0.15) is 5.82 Å². The zero-order chi connectivity index (χ0) is 11.7. The molecule has 0 aliphatic rings. The van der Waals surface area contributed by atoms with Crippen LogP contribution in [0.3, 0.4) is 0 Å². The summed E-state index contributed by atoms with van der Waals surface area (Å²) in [6, 6.07) is 0. The van der Waals surface area contributed by atoms with E-state index in [2.05, 4.69) is 22.0 Å². The molecule has 0 atom stereocenters. The first-order valence-corrected chi connectivity index (χ1v) is 5.26. The Kier molecular flexibility index (Phi) is 2.60. The van der Waals surface area contributed by atoms with Gasteiger partial charge in [0, 0.05) is 5.69 Å². The second-order valence-electron chi connectivity index (χ2n) is 3.71. The van der Waals surface area contributed by atoms with Gasteiger partial charge in [-0.1, -0.05) is 6.92 Å². The van der Waals surface area contributed by atoms with Gasteiger partial charge in [-0.2, -0.15) is 5.10 Å². The van der Waals surface area contributed by atoms with Gasteiger partial charge in [0.15, 0.2) is 5.82 Å². The van der Waals surface area contributed by atoms with Crippen molar-refractivity contribution in [3.05, 3.63) is 29.3 Å². The molecular formula is C11H15N5. The van der Waals surface area contributed by atoms with Crippen LogP contribution < -0.4 is 5.73 Å². The van der Waals surface area contributed by atoms with Crippen LogP contribution >= 0.6 is 0 Å². The van der Waals surface area contributed by atoms with E-state index in [1.165, 1.54) is 11.8 Å².